The third-order valence-electron chi connectivity index (χ3n) is 3.39. The van der Waals surface area contributed by atoms with Crippen LogP contribution in [0, 0.1) is 0 Å². The maximum atomic E-state index is 10.4. The normalized spacial score (nSPS) is 12.7. The van der Waals surface area contributed by atoms with Crippen LogP contribution in [0.1, 0.15) is 23.0 Å². The first kappa shape index (κ1) is 14.1. The number of hydrogen-bond donors (Lipinski definition) is 1. The minimum atomic E-state index is -0.815. The number of halogens is 1. The van der Waals surface area contributed by atoms with Crippen LogP contribution in [0.3, 0.4) is 0 Å². The van der Waals surface area contributed by atoms with Crippen molar-refractivity contribution < 1.29 is 14.3 Å². The number of methoxy groups -OCH3 is 1. The Morgan fingerprint density at radius 2 is 1.95 bits per heavy atom. The van der Waals surface area contributed by atoms with Gasteiger partial charge in [0.25, 0.3) is 0 Å². The van der Waals surface area contributed by atoms with E-state index in [0.717, 1.165) is 16.5 Å². The van der Waals surface area contributed by atoms with Crippen molar-refractivity contribution in [3.05, 3.63) is 70.4 Å². The molecule has 0 amide bonds. The van der Waals surface area contributed by atoms with E-state index in [1.807, 2.05) is 42.5 Å². The summed E-state index contributed by atoms with van der Waals surface area (Å²) in [5.41, 5.74) is 2.43. The molecule has 3 nitrogen and oxygen atoms in total. The molecule has 0 saturated heterocycles. The third kappa shape index (κ3) is 2.81. The summed E-state index contributed by atoms with van der Waals surface area (Å²) in [6.07, 6.45) is -0.815. The summed E-state index contributed by atoms with van der Waals surface area (Å²) < 4.78 is 10.8. The van der Waals surface area contributed by atoms with Crippen LogP contribution < -0.4 is 0 Å². The minimum Gasteiger partial charge on any atom is -0.456 e. The molecule has 0 saturated carbocycles. The molecule has 1 aromatic heterocycles. The lowest BCUT2D eigenvalue weighted by molar-refractivity contribution is 0.184. The molecule has 3 rings (SSSR count). The highest BCUT2D eigenvalue weighted by Crippen LogP contribution is 2.31. The Bertz CT molecular complexity index is 746. The number of ether oxygens (including phenoxy) is 1. The lowest BCUT2D eigenvalue weighted by atomic mass is 10.1. The molecule has 1 heterocycles. The van der Waals surface area contributed by atoms with E-state index in [2.05, 4.69) is 0 Å². The summed E-state index contributed by atoms with van der Waals surface area (Å²) in [5.74, 6) is 0.484. The molecule has 4 heteroatoms. The zero-order valence-electron chi connectivity index (χ0n) is 11.5. The zero-order chi connectivity index (χ0) is 14.8. The van der Waals surface area contributed by atoms with E-state index in [1.165, 1.54) is 0 Å². The van der Waals surface area contributed by atoms with E-state index in [4.69, 9.17) is 20.8 Å². The van der Waals surface area contributed by atoms with Gasteiger partial charge in [-0.15, -0.1) is 0 Å². The van der Waals surface area contributed by atoms with E-state index < -0.39 is 6.10 Å². The van der Waals surface area contributed by atoms with Crippen LogP contribution in [0.5, 0.6) is 0 Å². The van der Waals surface area contributed by atoms with Crippen molar-refractivity contribution in [3.63, 3.8) is 0 Å². The van der Waals surface area contributed by atoms with Gasteiger partial charge in [-0.1, -0.05) is 48.0 Å². The highest BCUT2D eigenvalue weighted by Gasteiger charge is 2.16. The monoisotopic (exact) mass is 302 g/mol. The largest absolute Gasteiger partial charge is 0.456 e. The van der Waals surface area contributed by atoms with Crippen molar-refractivity contribution in [3.8, 4) is 0 Å². The molecule has 1 atom stereocenters. The summed E-state index contributed by atoms with van der Waals surface area (Å²) in [4.78, 5) is 0. The van der Waals surface area contributed by atoms with Crippen LogP contribution in [0.15, 0.2) is 52.9 Å². The maximum Gasteiger partial charge on any atom is 0.153 e. The first-order valence-corrected chi connectivity index (χ1v) is 7.00. The van der Waals surface area contributed by atoms with Crippen LogP contribution >= 0.6 is 11.6 Å². The molecular weight excluding hydrogens is 288 g/mol. The van der Waals surface area contributed by atoms with Crippen LogP contribution in [0.2, 0.25) is 5.02 Å². The quantitative estimate of drug-likeness (QED) is 0.780. The van der Waals surface area contributed by atoms with Crippen molar-refractivity contribution in [1.82, 2.24) is 0 Å². The summed E-state index contributed by atoms with van der Waals surface area (Å²) in [7, 11) is 1.65. The molecule has 108 valence electrons. The molecule has 0 aliphatic rings. The molecule has 21 heavy (non-hydrogen) atoms. The number of hydrogen-bond acceptors (Lipinski definition) is 3. The van der Waals surface area contributed by atoms with Crippen LogP contribution in [-0.2, 0) is 11.3 Å². The second kappa shape index (κ2) is 5.90. The van der Waals surface area contributed by atoms with E-state index >= 15 is 0 Å². The van der Waals surface area contributed by atoms with Gasteiger partial charge in [0.1, 0.15) is 11.9 Å². The second-order valence-electron chi connectivity index (χ2n) is 4.88. The van der Waals surface area contributed by atoms with Gasteiger partial charge in [0.05, 0.1) is 11.6 Å². The van der Waals surface area contributed by atoms with Gasteiger partial charge in [0, 0.05) is 12.5 Å². The summed E-state index contributed by atoms with van der Waals surface area (Å²) in [6.45, 7) is 0.552. The molecule has 0 aliphatic heterocycles. The highest BCUT2D eigenvalue weighted by molar-refractivity contribution is 6.34. The Morgan fingerprint density at radius 1 is 1.19 bits per heavy atom. The topological polar surface area (TPSA) is 42.6 Å². The van der Waals surface area contributed by atoms with Gasteiger partial charge in [-0.25, -0.2) is 0 Å². The van der Waals surface area contributed by atoms with Crippen molar-refractivity contribution >= 4 is 22.6 Å². The van der Waals surface area contributed by atoms with Crippen molar-refractivity contribution in [1.29, 1.82) is 0 Å². The first-order chi connectivity index (χ1) is 10.2. The summed E-state index contributed by atoms with van der Waals surface area (Å²) in [5, 5.41) is 11.9. The Labute approximate surface area is 127 Å². The first-order valence-electron chi connectivity index (χ1n) is 6.63. The molecule has 1 N–H and O–H groups in total. The summed E-state index contributed by atoms with van der Waals surface area (Å²) >= 11 is 6.09. The predicted molar refractivity (Wildman–Crippen MR) is 82.4 cm³/mol. The number of aliphatic hydroxyl groups is 1. The van der Waals surface area contributed by atoms with Gasteiger partial charge < -0.3 is 14.3 Å². The average molecular weight is 303 g/mol. The number of fused-ring (bicyclic) bond motifs is 1. The third-order valence-corrected chi connectivity index (χ3v) is 3.69. The molecule has 0 radical (unpaired) electrons. The number of furan rings is 1. The Kier molecular flexibility index (Phi) is 3.97. The predicted octanol–water partition coefficient (Wildman–Crippen LogP) is 4.31. The van der Waals surface area contributed by atoms with Gasteiger partial charge >= 0.3 is 0 Å². The molecular formula is C17H15ClO3. The van der Waals surface area contributed by atoms with E-state index in [-0.39, 0.29) is 0 Å². The van der Waals surface area contributed by atoms with E-state index in [0.29, 0.717) is 23.0 Å². The second-order valence-corrected chi connectivity index (χ2v) is 5.29. The maximum absolute atomic E-state index is 10.4. The van der Waals surface area contributed by atoms with Gasteiger partial charge in [-0.2, -0.15) is 0 Å². The molecule has 3 aromatic rings. The molecule has 0 fully saturated rings. The zero-order valence-corrected chi connectivity index (χ0v) is 12.3. The number of aliphatic hydroxyl groups excluding tert-OH is 1. The van der Waals surface area contributed by atoms with Crippen LogP contribution in [-0.4, -0.2) is 12.2 Å². The van der Waals surface area contributed by atoms with Crippen molar-refractivity contribution in [2.24, 2.45) is 0 Å². The Morgan fingerprint density at radius 3 is 2.62 bits per heavy atom. The van der Waals surface area contributed by atoms with Crippen LogP contribution in [0.25, 0.3) is 11.0 Å². The van der Waals surface area contributed by atoms with Gasteiger partial charge in [-0.05, 0) is 23.3 Å². The standard InChI is InChI=1S/C17H15ClO3/c1-20-10-11-5-7-12(8-6-11)16(19)15-9-13-3-2-4-14(18)17(13)21-15/h2-9,16,19H,10H2,1H3. The fourth-order valence-electron chi connectivity index (χ4n) is 2.31. The lowest BCUT2D eigenvalue weighted by Crippen LogP contribution is -1.98. The fourth-order valence-corrected chi connectivity index (χ4v) is 2.53. The number of para-hydroxylation sites is 1. The molecule has 0 spiro atoms. The van der Waals surface area contributed by atoms with Crippen LogP contribution in [0.4, 0.5) is 0 Å². The highest BCUT2D eigenvalue weighted by atomic mass is 35.5. The SMILES string of the molecule is COCc1ccc(C(O)c2cc3cccc(Cl)c3o2)cc1. The average Bonchev–Trinajstić information content (AvgIpc) is 2.93. The van der Waals surface area contributed by atoms with Crippen molar-refractivity contribution in [2.75, 3.05) is 7.11 Å². The molecule has 0 bridgehead atoms. The smallest absolute Gasteiger partial charge is 0.153 e. The Balaban J connectivity index is 1.92. The Hall–Kier alpha value is -1.81. The van der Waals surface area contributed by atoms with Crippen molar-refractivity contribution in [2.45, 2.75) is 12.7 Å². The number of benzene rings is 2. The van der Waals surface area contributed by atoms with E-state index in [1.54, 1.807) is 13.2 Å². The van der Waals surface area contributed by atoms with E-state index in [9.17, 15) is 5.11 Å². The molecule has 1 unspecified atom stereocenters. The lowest BCUT2D eigenvalue weighted by Gasteiger charge is -2.09. The summed E-state index contributed by atoms with van der Waals surface area (Å²) in [6, 6.07) is 14.9. The van der Waals surface area contributed by atoms with Gasteiger partial charge in [-0.3, -0.25) is 0 Å². The fraction of sp³-hybridized carbons (Fsp3) is 0.176. The van der Waals surface area contributed by atoms with Gasteiger partial charge in [0.15, 0.2) is 5.58 Å². The number of rotatable bonds is 4. The molecule has 2 aromatic carbocycles. The minimum absolute atomic E-state index is 0.484. The van der Waals surface area contributed by atoms with Gasteiger partial charge in [0.2, 0.25) is 0 Å². The molecule has 0 aliphatic carbocycles.